The van der Waals surface area contributed by atoms with E-state index in [0.717, 1.165) is 46.9 Å². The maximum absolute atomic E-state index is 14.3. The largest absolute Gasteiger partial charge is 0.421 e. The monoisotopic (exact) mass is 407 g/mol. The van der Waals surface area contributed by atoms with Gasteiger partial charge in [0.1, 0.15) is 17.5 Å². The lowest BCUT2D eigenvalue weighted by atomic mass is 10.0. The van der Waals surface area contributed by atoms with Crippen LogP contribution in [0.3, 0.4) is 0 Å². The first-order valence-corrected chi connectivity index (χ1v) is 9.90. The molecule has 2 aromatic heterocycles. The van der Waals surface area contributed by atoms with Crippen molar-refractivity contribution in [2.75, 3.05) is 30.4 Å². The van der Waals surface area contributed by atoms with Gasteiger partial charge in [0.05, 0.1) is 18.1 Å². The first-order chi connectivity index (χ1) is 14.5. The molecule has 1 aromatic carbocycles. The number of nitrogens with one attached hydrogen (secondary N) is 1. The Labute approximate surface area is 173 Å². The molecule has 1 aliphatic heterocycles. The zero-order chi connectivity index (χ0) is 20.8. The van der Waals surface area contributed by atoms with Crippen LogP contribution in [0.15, 0.2) is 24.5 Å². The van der Waals surface area contributed by atoms with Crippen molar-refractivity contribution in [3.05, 3.63) is 47.4 Å². The summed E-state index contributed by atoms with van der Waals surface area (Å²) in [5.41, 5.74) is 10.4. The number of halogens is 1. The van der Waals surface area contributed by atoms with Crippen molar-refractivity contribution in [3.8, 4) is 22.9 Å². The number of fused-ring (bicyclic) bond motifs is 3. The topological polar surface area (TPSA) is 102 Å². The number of aryl methyl sites for hydroxylation is 1. The summed E-state index contributed by atoms with van der Waals surface area (Å²) in [5.74, 6) is 1.54. The second kappa shape index (κ2) is 7.17. The number of anilines is 2. The summed E-state index contributed by atoms with van der Waals surface area (Å²) in [6.07, 6.45) is 4.62. The standard InChI is InChI=1S/C21H22FN7O/c1-11-25-8-14(9-26-11)30-21-27-18-7-15-16(5-12(22)6-17(15)24-2)19(18)20(28-21)29-4-3-13(23)10-29/h5-6,8-9,13,24H,3-4,7,10,23H2,1-2H3/t13-/m0/s1. The van der Waals surface area contributed by atoms with Crippen molar-refractivity contribution in [1.82, 2.24) is 19.9 Å². The van der Waals surface area contributed by atoms with Gasteiger partial charge in [-0.3, -0.25) is 0 Å². The first kappa shape index (κ1) is 18.7. The fourth-order valence-electron chi connectivity index (χ4n) is 4.11. The third kappa shape index (κ3) is 3.21. The van der Waals surface area contributed by atoms with Crippen LogP contribution in [0, 0.1) is 12.7 Å². The molecule has 3 heterocycles. The second-order valence-corrected chi connectivity index (χ2v) is 7.62. The molecule has 0 radical (unpaired) electrons. The van der Waals surface area contributed by atoms with Crippen LogP contribution in [0.4, 0.5) is 15.9 Å². The molecule has 0 spiro atoms. The van der Waals surface area contributed by atoms with Crippen LogP contribution in [0.5, 0.6) is 11.8 Å². The Kier molecular flexibility index (Phi) is 4.47. The van der Waals surface area contributed by atoms with Gasteiger partial charge in [-0.1, -0.05) is 0 Å². The lowest BCUT2D eigenvalue weighted by Gasteiger charge is -2.21. The van der Waals surface area contributed by atoms with Crippen molar-refractivity contribution in [3.63, 3.8) is 0 Å². The van der Waals surface area contributed by atoms with Crippen LogP contribution < -0.4 is 20.7 Å². The minimum absolute atomic E-state index is 0.0757. The van der Waals surface area contributed by atoms with Gasteiger partial charge in [-0.25, -0.2) is 14.4 Å². The summed E-state index contributed by atoms with van der Waals surface area (Å²) >= 11 is 0. The number of rotatable bonds is 4. The number of hydrogen-bond donors (Lipinski definition) is 2. The van der Waals surface area contributed by atoms with E-state index in [9.17, 15) is 4.39 Å². The number of hydrogen-bond acceptors (Lipinski definition) is 8. The van der Waals surface area contributed by atoms with E-state index in [2.05, 4.69) is 25.2 Å². The molecule has 30 heavy (non-hydrogen) atoms. The molecular formula is C21H22FN7O. The molecule has 8 nitrogen and oxygen atoms in total. The van der Waals surface area contributed by atoms with E-state index >= 15 is 0 Å². The molecule has 3 N–H and O–H groups in total. The van der Waals surface area contributed by atoms with Gasteiger partial charge in [-0.05, 0) is 36.6 Å². The highest BCUT2D eigenvalue weighted by Gasteiger charge is 2.32. The average molecular weight is 407 g/mol. The second-order valence-electron chi connectivity index (χ2n) is 7.62. The summed E-state index contributed by atoms with van der Waals surface area (Å²) in [4.78, 5) is 19.8. The number of benzene rings is 1. The average Bonchev–Trinajstić information content (AvgIpc) is 3.32. The normalized spacial score (nSPS) is 17.1. The van der Waals surface area contributed by atoms with E-state index in [0.29, 0.717) is 24.5 Å². The fraction of sp³-hybridized carbons (Fsp3) is 0.333. The number of aromatic nitrogens is 4. The summed E-state index contributed by atoms with van der Waals surface area (Å²) in [5, 5.41) is 3.09. The molecule has 1 atom stereocenters. The van der Waals surface area contributed by atoms with Gasteiger partial charge in [0.2, 0.25) is 0 Å². The Balaban J connectivity index is 1.63. The molecule has 3 aromatic rings. The van der Waals surface area contributed by atoms with Crippen LogP contribution in [-0.2, 0) is 6.42 Å². The Morgan fingerprint density at radius 3 is 2.73 bits per heavy atom. The van der Waals surface area contributed by atoms with Crippen molar-refractivity contribution < 1.29 is 9.13 Å². The molecule has 154 valence electrons. The molecule has 0 bridgehead atoms. The summed E-state index contributed by atoms with van der Waals surface area (Å²) in [6, 6.07) is 3.35. The lowest BCUT2D eigenvalue weighted by molar-refractivity contribution is 0.435. The predicted octanol–water partition coefficient (Wildman–Crippen LogP) is 2.66. The fourth-order valence-corrected chi connectivity index (χ4v) is 4.11. The highest BCUT2D eigenvalue weighted by atomic mass is 19.1. The third-order valence-corrected chi connectivity index (χ3v) is 5.53. The zero-order valence-corrected chi connectivity index (χ0v) is 16.8. The van der Waals surface area contributed by atoms with Crippen LogP contribution in [0.2, 0.25) is 0 Å². The Hall–Kier alpha value is -3.33. The van der Waals surface area contributed by atoms with E-state index in [1.165, 1.54) is 6.07 Å². The van der Waals surface area contributed by atoms with Crippen LogP contribution in [-0.4, -0.2) is 46.1 Å². The Bertz CT molecular complexity index is 1120. The number of nitrogens with two attached hydrogens (primary N) is 1. The molecule has 1 aliphatic carbocycles. The molecule has 0 unspecified atom stereocenters. The van der Waals surface area contributed by atoms with E-state index in [1.807, 2.05) is 0 Å². The smallest absolute Gasteiger partial charge is 0.324 e. The van der Waals surface area contributed by atoms with Crippen molar-refractivity contribution in [1.29, 1.82) is 0 Å². The highest BCUT2D eigenvalue weighted by Crippen LogP contribution is 2.45. The molecule has 0 amide bonds. The molecule has 9 heteroatoms. The van der Waals surface area contributed by atoms with Gasteiger partial charge >= 0.3 is 6.01 Å². The molecule has 1 saturated heterocycles. The van der Waals surface area contributed by atoms with Crippen LogP contribution >= 0.6 is 0 Å². The van der Waals surface area contributed by atoms with Crippen molar-refractivity contribution in [2.24, 2.45) is 5.73 Å². The zero-order valence-electron chi connectivity index (χ0n) is 16.8. The molecule has 2 aliphatic rings. The Morgan fingerprint density at radius 1 is 1.23 bits per heavy atom. The number of ether oxygens (including phenoxy) is 1. The maximum atomic E-state index is 14.3. The van der Waals surface area contributed by atoms with E-state index in [4.69, 9.17) is 15.5 Å². The van der Waals surface area contributed by atoms with Crippen LogP contribution in [0.1, 0.15) is 23.5 Å². The molecule has 1 fully saturated rings. The van der Waals surface area contributed by atoms with Gasteiger partial charge in [0.25, 0.3) is 0 Å². The van der Waals surface area contributed by atoms with Crippen molar-refractivity contribution >= 4 is 11.5 Å². The molecular weight excluding hydrogens is 385 g/mol. The van der Waals surface area contributed by atoms with E-state index in [-0.39, 0.29) is 17.9 Å². The van der Waals surface area contributed by atoms with Crippen molar-refractivity contribution in [2.45, 2.75) is 25.8 Å². The quantitative estimate of drug-likeness (QED) is 0.532. The van der Waals surface area contributed by atoms with Gasteiger partial charge < -0.3 is 20.7 Å². The predicted molar refractivity (Wildman–Crippen MR) is 111 cm³/mol. The van der Waals surface area contributed by atoms with Crippen LogP contribution in [0.25, 0.3) is 11.1 Å². The minimum atomic E-state index is -0.299. The van der Waals surface area contributed by atoms with Gasteiger partial charge in [0.15, 0.2) is 5.75 Å². The minimum Gasteiger partial charge on any atom is -0.421 e. The Morgan fingerprint density at radius 2 is 2.03 bits per heavy atom. The number of nitrogens with zero attached hydrogens (tertiary/aromatic N) is 5. The molecule has 0 saturated carbocycles. The SMILES string of the molecule is CNc1cc(F)cc2c1Cc1nc(Oc3cnc(C)nc3)nc(N3CC[C@H](N)C3)c1-2. The first-order valence-electron chi connectivity index (χ1n) is 9.90. The third-order valence-electron chi connectivity index (χ3n) is 5.53. The van der Waals surface area contributed by atoms with Gasteiger partial charge in [-0.2, -0.15) is 9.97 Å². The summed E-state index contributed by atoms with van der Waals surface area (Å²) in [7, 11) is 1.79. The summed E-state index contributed by atoms with van der Waals surface area (Å²) < 4.78 is 20.2. The summed E-state index contributed by atoms with van der Waals surface area (Å²) in [6.45, 7) is 3.27. The highest BCUT2D eigenvalue weighted by molar-refractivity contribution is 5.88. The lowest BCUT2D eigenvalue weighted by Crippen LogP contribution is -2.27. The van der Waals surface area contributed by atoms with E-state index < -0.39 is 0 Å². The van der Waals surface area contributed by atoms with Gasteiger partial charge in [0, 0.05) is 43.9 Å². The van der Waals surface area contributed by atoms with Gasteiger partial charge in [-0.15, -0.1) is 0 Å². The molecule has 5 rings (SSSR count). The van der Waals surface area contributed by atoms with E-state index in [1.54, 1.807) is 32.4 Å². The maximum Gasteiger partial charge on any atom is 0.324 e.